The first kappa shape index (κ1) is 24.2. The molecule has 2 aromatic carbocycles. The zero-order chi connectivity index (χ0) is 24.1. The first-order valence-electron chi connectivity index (χ1n) is 10.8. The lowest BCUT2D eigenvalue weighted by Crippen LogP contribution is -2.45. The number of anilines is 1. The molecule has 1 N–H and O–H groups in total. The van der Waals surface area contributed by atoms with Crippen LogP contribution in [0.15, 0.2) is 42.5 Å². The Hall–Kier alpha value is -1.89. The fourth-order valence-electron chi connectivity index (χ4n) is 5.52. The maximum absolute atomic E-state index is 15.5. The molecule has 2 aliphatic heterocycles. The van der Waals surface area contributed by atoms with Crippen LogP contribution in [0.3, 0.4) is 0 Å². The molecular formula is C23H26FIN2O5Si. The monoisotopic (exact) mass is 584 g/mol. The van der Waals surface area contributed by atoms with Gasteiger partial charge in [-0.25, -0.2) is 0 Å². The highest BCUT2D eigenvalue weighted by Gasteiger charge is 2.66. The summed E-state index contributed by atoms with van der Waals surface area (Å²) < 4.78 is 22.9. The van der Waals surface area contributed by atoms with Crippen molar-refractivity contribution >= 4 is 48.3 Å². The van der Waals surface area contributed by atoms with E-state index in [1.54, 1.807) is 31.0 Å². The lowest BCUT2D eigenvalue weighted by molar-refractivity contribution is -0.385. The van der Waals surface area contributed by atoms with E-state index in [1.807, 2.05) is 24.3 Å². The third kappa shape index (κ3) is 4.00. The minimum absolute atomic E-state index is 0.147. The zero-order valence-corrected chi connectivity index (χ0v) is 21.8. The minimum atomic E-state index is -3.31. The van der Waals surface area contributed by atoms with Crippen LogP contribution in [-0.2, 0) is 21.7 Å². The Balaban J connectivity index is 1.87. The summed E-state index contributed by atoms with van der Waals surface area (Å²) in [7, 11) is -3.31. The van der Waals surface area contributed by atoms with Crippen molar-refractivity contribution in [3.63, 3.8) is 0 Å². The summed E-state index contributed by atoms with van der Waals surface area (Å²) in [5, 5.41) is 21.2. The number of carbonyl (C=O) groups is 1. The van der Waals surface area contributed by atoms with Crippen molar-refractivity contribution in [1.82, 2.24) is 0 Å². The molecule has 1 fully saturated rings. The van der Waals surface area contributed by atoms with Gasteiger partial charge >= 0.3 is 0 Å². The van der Waals surface area contributed by atoms with E-state index in [0.717, 1.165) is 9.13 Å². The van der Waals surface area contributed by atoms with Gasteiger partial charge in [0.15, 0.2) is 5.60 Å². The van der Waals surface area contributed by atoms with Crippen LogP contribution in [0.2, 0.25) is 18.6 Å². The van der Waals surface area contributed by atoms with Gasteiger partial charge in [0.25, 0.3) is 11.6 Å². The smallest absolute Gasteiger partial charge is 0.269 e. The molecule has 0 unspecified atom stereocenters. The van der Waals surface area contributed by atoms with Crippen molar-refractivity contribution in [3.05, 3.63) is 67.3 Å². The maximum atomic E-state index is 15.5. The molecule has 0 bridgehead atoms. The molecule has 0 aromatic heterocycles. The van der Waals surface area contributed by atoms with Crippen LogP contribution in [0.25, 0.3) is 0 Å². The molecule has 7 nitrogen and oxygen atoms in total. The number of halogens is 2. The molecule has 1 saturated heterocycles. The number of rotatable bonds is 6. The van der Waals surface area contributed by atoms with Gasteiger partial charge in [-0.2, -0.15) is 0 Å². The first-order valence-corrected chi connectivity index (χ1v) is 14.9. The van der Waals surface area contributed by atoms with Crippen molar-refractivity contribution < 1.29 is 23.7 Å². The van der Waals surface area contributed by atoms with Crippen LogP contribution < -0.4 is 4.90 Å². The van der Waals surface area contributed by atoms with Gasteiger partial charge < -0.3 is 18.9 Å². The fourth-order valence-corrected chi connectivity index (χ4v) is 8.67. The maximum Gasteiger partial charge on any atom is 0.269 e. The van der Waals surface area contributed by atoms with E-state index in [2.05, 4.69) is 22.6 Å². The van der Waals surface area contributed by atoms with E-state index in [1.165, 1.54) is 12.1 Å². The lowest BCUT2D eigenvalue weighted by atomic mass is 9.82. The number of benzene rings is 2. The van der Waals surface area contributed by atoms with E-state index in [0.29, 0.717) is 11.3 Å². The van der Waals surface area contributed by atoms with Crippen molar-refractivity contribution in [3.8, 4) is 0 Å². The van der Waals surface area contributed by atoms with Crippen LogP contribution in [0.1, 0.15) is 24.5 Å². The van der Waals surface area contributed by atoms with Crippen molar-refractivity contribution in [1.29, 1.82) is 0 Å². The number of ether oxygens (including phenoxy) is 1. The zero-order valence-electron chi connectivity index (χ0n) is 18.6. The predicted molar refractivity (Wildman–Crippen MR) is 133 cm³/mol. The van der Waals surface area contributed by atoms with Gasteiger partial charge in [0.05, 0.1) is 23.3 Å². The molecule has 0 radical (unpaired) electrons. The van der Waals surface area contributed by atoms with E-state index in [9.17, 15) is 20.0 Å². The number of nitrogens with zero attached hydrogens (tertiary/aromatic N) is 2. The van der Waals surface area contributed by atoms with Crippen LogP contribution in [0.5, 0.6) is 0 Å². The summed E-state index contributed by atoms with van der Waals surface area (Å²) in [6.07, 6.45) is -0.448. The van der Waals surface area contributed by atoms with Crippen LogP contribution in [0, 0.1) is 19.6 Å². The van der Waals surface area contributed by atoms with Gasteiger partial charge in [-0.3, -0.25) is 14.9 Å². The number of non-ortho nitro benzene ring substituents is 1. The van der Waals surface area contributed by atoms with Crippen molar-refractivity contribution in [2.24, 2.45) is 5.92 Å². The summed E-state index contributed by atoms with van der Waals surface area (Å²) in [5.74, 6) is -0.886. The predicted octanol–water partition coefficient (Wildman–Crippen LogP) is 4.90. The van der Waals surface area contributed by atoms with Gasteiger partial charge in [-0.05, 0) is 65.9 Å². The molecule has 4 rings (SSSR count). The summed E-state index contributed by atoms with van der Waals surface area (Å²) in [6.45, 7) is 5.03. The van der Waals surface area contributed by atoms with Crippen LogP contribution in [0.4, 0.5) is 15.5 Å². The van der Waals surface area contributed by atoms with Gasteiger partial charge in [-0.1, -0.05) is 19.1 Å². The molecule has 4 atom stereocenters. The summed E-state index contributed by atoms with van der Waals surface area (Å²) >= 11 is 2.20. The Kier molecular flexibility index (Phi) is 6.40. The third-order valence-corrected chi connectivity index (χ3v) is 9.93. The number of aliphatic hydroxyl groups is 1. The van der Waals surface area contributed by atoms with Crippen LogP contribution >= 0.6 is 22.6 Å². The molecule has 176 valence electrons. The number of nitro benzene ring substituents is 1. The highest BCUT2D eigenvalue weighted by atomic mass is 127. The topological polar surface area (TPSA) is 92.9 Å². The Bertz CT molecular complexity index is 1110. The average molecular weight is 584 g/mol. The van der Waals surface area contributed by atoms with Gasteiger partial charge in [0.2, 0.25) is 8.41 Å². The van der Waals surface area contributed by atoms with E-state index in [-0.39, 0.29) is 31.2 Å². The standard InChI is InChI=1S/C23H26FIN2O5Si/c1-14-21(33(2,3)24)20(9-10-28)32-23(14)18-12-17(27(30)31)7-8-19(18)26(22(23)29)13-15-5-4-6-16(25)11-15/h4-8,11-12,14,20-21,28H,9-10,13H2,1-3H3/t14-,20+,21-,23+/m1/s1. The SMILES string of the molecule is C[C@@H]1[C@@H]([Si](C)(C)F)[C@H](CCO)O[C@@]12C(=O)N(Cc1cccc(I)c1)c1ccc([N+](=O)[O-])cc12. The lowest BCUT2D eigenvalue weighted by Gasteiger charge is -2.31. The van der Waals surface area contributed by atoms with Gasteiger partial charge in [0, 0.05) is 39.3 Å². The Labute approximate surface area is 206 Å². The quantitative estimate of drug-likeness (QED) is 0.171. The molecule has 0 saturated carbocycles. The molecule has 0 aliphatic carbocycles. The Morgan fingerprint density at radius 1 is 1.30 bits per heavy atom. The molecule has 2 aromatic rings. The largest absolute Gasteiger partial charge is 0.396 e. The van der Waals surface area contributed by atoms with Crippen LogP contribution in [-0.4, -0.2) is 37.1 Å². The average Bonchev–Trinajstić information content (AvgIpc) is 3.15. The molecular weight excluding hydrogens is 558 g/mol. The van der Waals surface area contributed by atoms with Crippen molar-refractivity contribution in [2.45, 2.75) is 50.2 Å². The van der Waals surface area contributed by atoms with E-state index >= 15 is 4.11 Å². The molecule has 1 amide bonds. The third-order valence-electron chi connectivity index (χ3n) is 6.80. The second-order valence-electron chi connectivity index (χ2n) is 9.26. The second kappa shape index (κ2) is 8.71. The number of fused-ring (bicyclic) bond motifs is 2. The van der Waals surface area contributed by atoms with E-state index < -0.39 is 36.5 Å². The second-order valence-corrected chi connectivity index (χ2v) is 14.3. The van der Waals surface area contributed by atoms with E-state index in [4.69, 9.17) is 4.74 Å². The number of hydrogen-bond donors (Lipinski definition) is 1. The number of aliphatic hydroxyl groups excluding tert-OH is 1. The minimum Gasteiger partial charge on any atom is -0.396 e. The summed E-state index contributed by atoms with van der Waals surface area (Å²) in [5.41, 5.74) is -0.359. The molecule has 2 heterocycles. The molecule has 2 aliphatic rings. The molecule has 10 heteroatoms. The fraction of sp³-hybridized carbons (Fsp3) is 0.435. The van der Waals surface area contributed by atoms with Gasteiger partial charge in [0.1, 0.15) is 0 Å². The number of nitro groups is 1. The molecule has 1 spiro atoms. The number of hydrogen-bond acceptors (Lipinski definition) is 5. The normalized spacial score (nSPS) is 26.8. The Morgan fingerprint density at radius 2 is 2.03 bits per heavy atom. The Morgan fingerprint density at radius 3 is 2.64 bits per heavy atom. The summed E-state index contributed by atoms with van der Waals surface area (Å²) in [6, 6.07) is 12.1. The van der Waals surface area contributed by atoms with Gasteiger partial charge in [-0.15, -0.1) is 0 Å². The molecule has 33 heavy (non-hydrogen) atoms. The highest BCUT2D eigenvalue weighted by molar-refractivity contribution is 14.1. The highest BCUT2D eigenvalue weighted by Crippen LogP contribution is 2.60. The summed E-state index contributed by atoms with van der Waals surface area (Å²) in [4.78, 5) is 26.7. The first-order chi connectivity index (χ1) is 15.5. The number of carbonyl (C=O) groups excluding carboxylic acids is 1. The number of amides is 1. The van der Waals surface area contributed by atoms with Crippen molar-refractivity contribution in [2.75, 3.05) is 11.5 Å².